The highest BCUT2D eigenvalue weighted by molar-refractivity contribution is 5.66. The van der Waals surface area contributed by atoms with E-state index in [2.05, 4.69) is 4.90 Å². The molecule has 0 aromatic heterocycles. The van der Waals surface area contributed by atoms with E-state index in [0.717, 1.165) is 13.0 Å². The third-order valence-electron chi connectivity index (χ3n) is 3.47. The predicted molar refractivity (Wildman–Crippen MR) is 77.2 cm³/mol. The summed E-state index contributed by atoms with van der Waals surface area (Å²) >= 11 is 0. The number of rotatable bonds is 4. The minimum atomic E-state index is -0.346. The van der Waals surface area contributed by atoms with Crippen molar-refractivity contribution < 1.29 is 19.1 Å². The molecular weight excluding hydrogens is 270 g/mol. The van der Waals surface area contributed by atoms with E-state index in [4.69, 9.17) is 9.47 Å². The predicted octanol–water partition coefficient (Wildman–Crippen LogP) is 2.10. The number of piperidine rings is 1. The van der Waals surface area contributed by atoms with Crippen LogP contribution in [0.25, 0.3) is 0 Å². The molecule has 0 radical (unpaired) electrons. The monoisotopic (exact) mass is 291 g/mol. The van der Waals surface area contributed by atoms with E-state index in [9.17, 15) is 9.59 Å². The molecule has 0 aliphatic carbocycles. The van der Waals surface area contributed by atoms with Crippen LogP contribution in [-0.4, -0.2) is 35.7 Å². The van der Waals surface area contributed by atoms with Gasteiger partial charge in [-0.15, -0.1) is 0 Å². The van der Waals surface area contributed by atoms with Crippen molar-refractivity contribution in [1.29, 1.82) is 0 Å². The first kappa shape index (κ1) is 15.5. The van der Waals surface area contributed by atoms with Crippen molar-refractivity contribution in [2.24, 2.45) is 0 Å². The number of likely N-dealkylation sites (tertiary alicyclic amines) is 1. The van der Waals surface area contributed by atoms with Gasteiger partial charge >= 0.3 is 11.9 Å². The minimum absolute atomic E-state index is 0.182. The lowest BCUT2D eigenvalue weighted by Crippen LogP contribution is -2.46. The van der Waals surface area contributed by atoms with Crippen LogP contribution in [0.15, 0.2) is 30.3 Å². The second-order valence-corrected chi connectivity index (χ2v) is 5.28. The summed E-state index contributed by atoms with van der Waals surface area (Å²) in [6, 6.07) is 10.0. The van der Waals surface area contributed by atoms with E-state index in [1.165, 1.54) is 19.4 Å². The third kappa shape index (κ3) is 4.86. The standard InChI is InChI=1S/C16H21NO4/c1-12(18)20-15-8-9-17(16(10-15)21-13(2)19)11-14-6-4-3-5-7-14/h3-7,15-16H,8-11H2,1-2H3. The zero-order valence-electron chi connectivity index (χ0n) is 12.5. The minimum Gasteiger partial charge on any atom is -0.462 e. The summed E-state index contributed by atoms with van der Waals surface area (Å²) in [6.45, 7) is 4.24. The zero-order valence-corrected chi connectivity index (χ0v) is 12.5. The highest BCUT2D eigenvalue weighted by Gasteiger charge is 2.32. The Kier molecular flexibility index (Phi) is 5.33. The number of carbonyl (C=O) groups excluding carboxylic acids is 2. The Bertz CT molecular complexity index is 488. The molecule has 5 nitrogen and oxygen atoms in total. The molecule has 21 heavy (non-hydrogen) atoms. The van der Waals surface area contributed by atoms with E-state index in [0.29, 0.717) is 13.0 Å². The second kappa shape index (κ2) is 7.22. The van der Waals surface area contributed by atoms with Crippen LogP contribution in [-0.2, 0) is 25.6 Å². The van der Waals surface area contributed by atoms with Crippen molar-refractivity contribution in [3.8, 4) is 0 Å². The molecular formula is C16H21NO4. The summed E-state index contributed by atoms with van der Waals surface area (Å²) in [6.07, 6.45) is 0.746. The van der Waals surface area contributed by atoms with Crippen molar-refractivity contribution in [2.45, 2.75) is 45.6 Å². The summed E-state index contributed by atoms with van der Waals surface area (Å²) in [5, 5.41) is 0. The van der Waals surface area contributed by atoms with Gasteiger partial charge < -0.3 is 9.47 Å². The number of nitrogens with zero attached hydrogens (tertiary/aromatic N) is 1. The van der Waals surface area contributed by atoms with Crippen LogP contribution in [0.4, 0.5) is 0 Å². The second-order valence-electron chi connectivity index (χ2n) is 5.28. The molecule has 1 saturated heterocycles. The van der Waals surface area contributed by atoms with Gasteiger partial charge in [-0.25, -0.2) is 0 Å². The Balaban J connectivity index is 2.02. The Labute approximate surface area is 124 Å². The lowest BCUT2D eigenvalue weighted by Gasteiger charge is -2.38. The highest BCUT2D eigenvalue weighted by Crippen LogP contribution is 2.23. The van der Waals surface area contributed by atoms with Gasteiger partial charge in [-0.2, -0.15) is 0 Å². The van der Waals surface area contributed by atoms with E-state index < -0.39 is 0 Å². The summed E-state index contributed by atoms with van der Waals surface area (Å²) in [5.74, 6) is -0.611. The van der Waals surface area contributed by atoms with Gasteiger partial charge in [-0.05, 0) is 12.0 Å². The maximum Gasteiger partial charge on any atom is 0.304 e. The molecule has 0 bridgehead atoms. The first-order valence-corrected chi connectivity index (χ1v) is 7.17. The quantitative estimate of drug-likeness (QED) is 0.795. The molecule has 1 aromatic rings. The Hall–Kier alpha value is -1.88. The van der Waals surface area contributed by atoms with E-state index in [1.54, 1.807) is 0 Å². The van der Waals surface area contributed by atoms with E-state index in [-0.39, 0.29) is 24.3 Å². The number of carbonyl (C=O) groups is 2. The molecule has 2 rings (SSSR count). The molecule has 1 fully saturated rings. The maximum absolute atomic E-state index is 11.3. The molecule has 0 N–H and O–H groups in total. The topological polar surface area (TPSA) is 55.8 Å². The lowest BCUT2D eigenvalue weighted by molar-refractivity contribution is -0.171. The maximum atomic E-state index is 11.3. The molecule has 0 saturated carbocycles. The third-order valence-corrected chi connectivity index (χ3v) is 3.47. The van der Waals surface area contributed by atoms with Gasteiger partial charge in [0, 0.05) is 33.4 Å². The summed E-state index contributed by atoms with van der Waals surface area (Å²) in [4.78, 5) is 24.5. The Morgan fingerprint density at radius 3 is 2.43 bits per heavy atom. The van der Waals surface area contributed by atoms with Crippen LogP contribution in [0.1, 0.15) is 32.3 Å². The molecule has 114 valence electrons. The van der Waals surface area contributed by atoms with Crippen molar-refractivity contribution in [3.05, 3.63) is 35.9 Å². The van der Waals surface area contributed by atoms with Crippen molar-refractivity contribution >= 4 is 11.9 Å². The Morgan fingerprint density at radius 1 is 1.14 bits per heavy atom. The number of hydrogen-bond acceptors (Lipinski definition) is 5. The van der Waals surface area contributed by atoms with Crippen molar-refractivity contribution in [2.75, 3.05) is 6.54 Å². The number of esters is 2. The van der Waals surface area contributed by atoms with Gasteiger partial charge in [-0.3, -0.25) is 14.5 Å². The van der Waals surface area contributed by atoms with Crippen LogP contribution in [0.2, 0.25) is 0 Å². The fraction of sp³-hybridized carbons (Fsp3) is 0.500. The normalized spacial score (nSPS) is 22.6. The lowest BCUT2D eigenvalue weighted by atomic mass is 10.0. The molecule has 1 aliphatic heterocycles. The van der Waals surface area contributed by atoms with Crippen LogP contribution >= 0.6 is 0 Å². The Morgan fingerprint density at radius 2 is 1.81 bits per heavy atom. The van der Waals surface area contributed by atoms with Gasteiger partial charge in [-0.1, -0.05) is 30.3 Å². The van der Waals surface area contributed by atoms with Gasteiger partial charge in [0.15, 0.2) is 6.23 Å². The number of hydrogen-bond donors (Lipinski definition) is 0. The van der Waals surface area contributed by atoms with Gasteiger partial charge in [0.05, 0.1) is 0 Å². The number of ether oxygens (including phenoxy) is 2. The molecule has 1 aliphatic rings. The van der Waals surface area contributed by atoms with Gasteiger partial charge in [0.2, 0.25) is 0 Å². The molecule has 0 spiro atoms. The van der Waals surface area contributed by atoms with E-state index in [1.807, 2.05) is 30.3 Å². The fourth-order valence-electron chi connectivity index (χ4n) is 2.60. The first-order chi connectivity index (χ1) is 10.0. The zero-order chi connectivity index (χ0) is 15.2. The SMILES string of the molecule is CC(=O)OC1CCN(Cc2ccccc2)C(OC(C)=O)C1. The van der Waals surface area contributed by atoms with Crippen LogP contribution in [0, 0.1) is 0 Å². The van der Waals surface area contributed by atoms with E-state index >= 15 is 0 Å². The summed E-state index contributed by atoms with van der Waals surface area (Å²) in [5.41, 5.74) is 1.17. The largest absolute Gasteiger partial charge is 0.462 e. The molecule has 2 atom stereocenters. The molecule has 0 amide bonds. The highest BCUT2D eigenvalue weighted by atomic mass is 16.6. The molecule has 1 aromatic carbocycles. The van der Waals surface area contributed by atoms with Gasteiger partial charge in [0.25, 0.3) is 0 Å². The van der Waals surface area contributed by atoms with Crippen LogP contribution < -0.4 is 0 Å². The van der Waals surface area contributed by atoms with Crippen LogP contribution in [0.5, 0.6) is 0 Å². The van der Waals surface area contributed by atoms with Crippen molar-refractivity contribution in [3.63, 3.8) is 0 Å². The number of benzene rings is 1. The smallest absolute Gasteiger partial charge is 0.304 e. The average molecular weight is 291 g/mol. The molecule has 5 heteroatoms. The molecule has 1 heterocycles. The van der Waals surface area contributed by atoms with Crippen LogP contribution in [0.3, 0.4) is 0 Å². The van der Waals surface area contributed by atoms with Gasteiger partial charge in [0.1, 0.15) is 6.10 Å². The summed E-state index contributed by atoms with van der Waals surface area (Å²) < 4.78 is 10.6. The van der Waals surface area contributed by atoms with Crippen molar-refractivity contribution in [1.82, 2.24) is 4.90 Å². The first-order valence-electron chi connectivity index (χ1n) is 7.17. The molecule has 2 unspecified atom stereocenters. The fourth-order valence-corrected chi connectivity index (χ4v) is 2.60. The summed E-state index contributed by atoms with van der Waals surface area (Å²) in [7, 11) is 0. The average Bonchev–Trinajstić information content (AvgIpc) is 2.41.